The molecule has 1 unspecified atom stereocenters. The smallest absolute Gasteiger partial charge is 0.0888 e. The van der Waals surface area contributed by atoms with E-state index in [1.165, 1.54) is 0 Å². The monoisotopic (exact) mass is 174 g/mol. The third kappa shape index (κ3) is 2.01. The first-order chi connectivity index (χ1) is 4.84. The molecule has 1 heterocycles. The Kier molecular flexibility index (Phi) is 3.25. The Morgan fingerprint density at radius 2 is 2.60 bits per heavy atom. The maximum Gasteiger partial charge on any atom is 0.0888 e. The van der Waals surface area contributed by atoms with Crippen LogP contribution in [-0.2, 0) is 0 Å². The second-order valence-electron chi connectivity index (χ2n) is 2.03. The third-order valence-electron chi connectivity index (χ3n) is 1.25. The van der Waals surface area contributed by atoms with Gasteiger partial charge in [-0.25, -0.2) is 0 Å². The van der Waals surface area contributed by atoms with E-state index in [9.17, 15) is 5.11 Å². The van der Waals surface area contributed by atoms with Gasteiger partial charge in [-0.3, -0.25) is 0 Å². The number of thiophene rings is 1. The topological polar surface area (TPSA) is 20.2 Å². The van der Waals surface area contributed by atoms with E-state index >= 15 is 0 Å². The lowest BCUT2D eigenvalue weighted by molar-refractivity contribution is 0.205. The Morgan fingerprint density at radius 3 is 3.10 bits per heavy atom. The van der Waals surface area contributed by atoms with E-state index < -0.39 is 0 Å². The number of rotatable bonds is 3. The van der Waals surface area contributed by atoms with Crippen LogP contribution in [0.4, 0.5) is 0 Å². The summed E-state index contributed by atoms with van der Waals surface area (Å²) < 4.78 is 0. The molecule has 0 bridgehead atoms. The van der Waals surface area contributed by atoms with Gasteiger partial charge in [0.1, 0.15) is 0 Å². The highest BCUT2D eigenvalue weighted by Crippen LogP contribution is 2.18. The van der Waals surface area contributed by atoms with E-state index in [-0.39, 0.29) is 6.10 Å². The Hall–Kier alpha value is 0.01000. The van der Waals surface area contributed by atoms with Crippen LogP contribution in [0.2, 0.25) is 0 Å². The number of hydrogen-bond acceptors (Lipinski definition) is 3. The predicted molar refractivity (Wildman–Crippen MR) is 47.7 cm³/mol. The minimum absolute atomic E-state index is 0.277. The van der Waals surface area contributed by atoms with E-state index in [2.05, 4.69) is 0 Å². The first-order valence-corrected chi connectivity index (χ1v) is 5.37. The SMILES string of the molecule is CSCC(O)c1ccsc1. The van der Waals surface area contributed by atoms with Crippen LogP contribution in [0.3, 0.4) is 0 Å². The summed E-state index contributed by atoms with van der Waals surface area (Å²) in [6, 6.07) is 1.96. The number of aliphatic hydroxyl groups is 1. The lowest BCUT2D eigenvalue weighted by atomic mass is 10.2. The normalized spacial score (nSPS) is 13.4. The first kappa shape index (κ1) is 8.11. The fourth-order valence-corrected chi connectivity index (χ4v) is 1.93. The molecule has 0 spiro atoms. The maximum atomic E-state index is 9.40. The van der Waals surface area contributed by atoms with Gasteiger partial charge in [-0.2, -0.15) is 23.1 Å². The van der Waals surface area contributed by atoms with E-state index in [1.54, 1.807) is 23.1 Å². The first-order valence-electron chi connectivity index (χ1n) is 3.03. The van der Waals surface area contributed by atoms with Gasteiger partial charge in [-0.1, -0.05) is 0 Å². The molecule has 56 valence electrons. The Labute approximate surface area is 69.1 Å². The zero-order chi connectivity index (χ0) is 7.40. The Balaban J connectivity index is 2.50. The number of aliphatic hydroxyl groups excluding tert-OH is 1. The maximum absolute atomic E-state index is 9.40. The summed E-state index contributed by atoms with van der Waals surface area (Å²) in [6.07, 6.45) is 1.72. The standard InChI is InChI=1S/C7H10OS2/c1-9-5-7(8)6-2-3-10-4-6/h2-4,7-8H,5H2,1H3. The van der Waals surface area contributed by atoms with Crippen molar-refractivity contribution in [1.29, 1.82) is 0 Å². The molecule has 0 radical (unpaired) electrons. The molecule has 1 rings (SSSR count). The van der Waals surface area contributed by atoms with Crippen molar-refractivity contribution in [3.05, 3.63) is 22.4 Å². The average molecular weight is 174 g/mol. The minimum Gasteiger partial charge on any atom is -0.388 e. The molecule has 0 aliphatic carbocycles. The highest BCUT2D eigenvalue weighted by atomic mass is 32.2. The van der Waals surface area contributed by atoms with Crippen LogP contribution in [0.5, 0.6) is 0 Å². The summed E-state index contributed by atoms with van der Waals surface area (Å²) >= 11 is 3.29. The lowest BCUT2D eigenvalue weighted by Crippen LogP contribution is -1.97. The molecule has 1 aromatic heterocycles. The second-order valence-corrected chi connectivity index (χ2v) is 3.72. The van der Waals surface area contributed by atoms with Gasteiger partial charge in [0.15, 0.2) is 0 Å². The zero-order valence-corrected chi connectivity index (χ0v) is 7.41. The van der Waals surface area contributed by atoms with Crippen molar-refractivity contribution in [3.63, 3.8) is 0 Å². The summed E-state index contributed by atoms with van der Waals surface area (Å²) in [6.45, 7) is 0. The van der Waals surface area contributed by atoms with Crippen molar-refractivity contribution in [2.45, 2.75) is 6.10 Å². The van der Waals surface area contributed by atoms with Crippen LogP contribution >= 0.6 is 23.1 Å². The molecule has 1 atom stereocenters. The van der Waals surface area contributed by atoms with Crippen molar-refractivity contribution >= 4 is 23.1 Å². The van der Waals surface area contributed by atoms with Crippen molar-refractivity contribution in [2.75, 3.05) is 12.0 Å². The van der Waals surface area contributed by atoms with Crippen molar-refractivity contribution in [2.24, 2.45) is 0 Å². The van der Waals surface area contributed by atoms with E-state index in [0.717, 1.165) is 11.3 Å². The van der Waals surface area contributed by atoms with Gasteiger partial charge >= 0.3 is 0 Å². The Morgan fingerprint density at radius 1 is 1.80 bits per heavy atom. The molecule has 1 nitrogen and oxygen atoms in total. The summed E-state index contributed by atoms with van der Waals surface area (Å²) in [5, 5.41) is 13.4. The molecule has 0 aliphatic rings. The van der Waals surface area contributed by atoms with Crippen molar-refractivity contribution in [1.82, 2.24) is 0 Å². The van der Waals surface area contributed by atoms with Gasteiger partial charge in [0.25, 0.3) is 0 Å². The Bertz CT molecular complexity index is 172. The van der Waals surface area contributed by atoms with Crippen LogP contribution in [0.15, 0.2) is 16.8 Å². The number of hydrogen-bond donors (Lipinski definition) is 1. The second kappa shape index (κ2) is 4.01. The molecule has 1 aromatic rings. The highest BCUT2D eigenvalue weighted by molar-refractivity contribution is 7.98. The van der Waals surface area contributed by atoms with Gasteiger partial charge in [-0.05, 0) is 28.6 Å². The van der Waals surface area contributed by atoms with Crippen LogP contribution in [-0.4, -0.2) is 17.1 Å². The minimum atomic E-state index is -0.277. The van der Waals surface area contributed by atoms with Crippen LogP contribution in [0, 0.1) is 0 Å². The van der Waals surface area contributed by atoms with Crippen molar-refractivity contribution in [3.8, 4) is 0 Å². The molecular weight excluding hydrogens is 164 g/mol. The van der Waals surface area contributed by atoms with Gasteiger partial charge in [0, 0.05) is 5.75 Å². The van der Waals surface area contributed by atoms with E-state index in [1.807, 2.05) is 23.1 Å². The van der Waals surface area contributed by atoms with Gasteiger partial charge in [-0.15, -0.1) is 0 Å². The van der Waals surface area contributed by atoms with E-state index in [0.29, 0.717) is 0 Å². The van der Waals surface area contributed by atoms with Crippen LogP contribution < -0.4 is 0 Å². The zero-order valence-electron chi connectivity index (χ0n) is 5.78. The van der Waals surface area contributed by atoms with Gasteiger partial charge in [0.05, 0.1) is 6.10 Å². The highest BCUT2D eigenvalue weighted by Gasteiger charge is 2.04. The van der Waals surface area contributed by atoms with Crippen LogP contribution in [0.1, 0.15) is 11.7 Å². The number of thioether (sulfide) groups is 1. The van der Waals surface area contributed by atoms with Gasteiger partial charge < -0.3 is 5.11 Å². The summed E-state index contributed by atoms with van der Waals surface area (Å²) in [5.74, 6) is 0.788. The van der Waals surface area contributed by atoms with Crippen LogP contribution in [0.25, 0.3) is 0 Å². The van der Waals surface area contributed by atoms with Gasteiger partial charge in [0.2, 0.25) is 0 Å². The molecule has 0 saturated heterocycles. The molecular formula is C7H10OS2. The van der Waals surface area contributed by atoms with E-state index in [4.69, 9.17) is 0 Å². The summed E-state index contributed by atoms with van der Waals surface area (Å²) in [4.78, 5) is 0. The fraction of sp³-hybridized carbons (Fsp3) is 0.429. The molecule has 1 N–H and O–H groups in total. The molecule has 0 saturated carbocycles. The quantitative estimate of drug-likeness (QED) is 0.757. The average Bonchev–Trinajstić information content (AvgIpc) is 2.38. The lowest BCUT2D eigenvalue weighted by Gasteiger charge is -2.04. The van der Waals surface area contributed by atoms with Crippen molar-refractivity contribution < 1.29 is 5.11 Å². The molecule has 0 amide bonds. The largest absolute Gasteiger partial charge is 0.388 e. The molecule has 0 aliphatic heterocycles. The predicted octanol–water partition coefficient (Wildman–Crippen LogP) is 2.14. The summed E-state index contributed by atoms with van der Waals surface area (Å²) in [5.41, 5.74) is 1.04. The molecule has 0 fully saturated rings. The summed E-state index contributed by atoms with van der Waals surface area (Å²) in [7, 11) is 0. The molecule has 3 heteroatoms. The molecule has 10 heavy (non-hydrogen) atoms. The third-order valence-corrected chi connectivity index (χ3v) is 2.60. The fourth-order valence-electron chi connectivity index (χ4n) is 0.719. The molecule has 0 aromatic carbocycles.